The number of nitrogens with one attached hydrogen (secondary N) is 2. The molecule has 53 heavy (non-hydrogen) atoms. The minimum atomic E-state index is -2.72. The summed E-state index contributed by atoms with van der Waals surface area (Å²) in [5.41, 5.74) is 3.62. The number of aromatic nitrogens is 3. The molecular weight excluding hydrogens is 684 g/mol. The van der Waals surface area contributed by atoms with E-state index < -0.39 is 35.6 Å². The van der Waals surface area contributed by atoms with E-state index in [1.54, 1.807) is 29.4 Å². The summed E-state index contributed by atoms with van der Waals surface area (Å²) >= 11 is 0. The molecule has 276 valence electrons. The number of benzene rings is 1. The molecule has 1 saturated carbocycles. The number of carbonyl (C=O) groups excluding carboxylic acids is 4. The number of nitrogens with zero attached hydrogens (tertiary/aromatic N) is 7. The summed E-state index contributed by atoms with van der Waals surface area (Å²) in [5.74, 6) is -2.74. The Hall–Kier alpha value is -5.05. The number of carbonyl (C=O) groups is 4. The van der Waals surface area contributed by atoms with Crippen molar-refractivity contribution in [2.75, 3.05) is 54.4 Å². The average Bonchev–Trinajstić information content (AvgIpc) is 3.59. The van der Waals surface area contributed by atoms with E-state index in [0.29, 0.717) is 34.6 Å². The van der Waals surface area contributed by atoms with E-state index in [1.807, 2.05) is 25.1 Å². The average molecular weight is 726 g/mol. The van der Waals surface area contributed by atoms with Crippen LogP contribution in [-0.2, 0) is 9.59 Å². The van der Waals surface area contributed by atoms with Gasteiger partial charge in [0, 0.05) is 49.6 Å². The van der Waals surface area contributed by atoms with Crippen molar-refractivity contribution in [1.29, 1.82) is 0 Å². The van der Waals surface area contributed by atoms with Crippen LogP contribution in [0.5, 0.6) is 0 Å². The second-order valence-corrected chi connectivity index (χ2v) is 15.7. The maximum atomic E-state index is 14.2. The first kappa shape index (κ1) is 33.8. The third kappa shape index (κ3) is 6.17. The van der Waals surface area contributed by atoms with Crippen molar-refractivity contribution >= 4 is 46.8 Å². The van der Waals surface area contributed by atoms with Crippen molar-refractivity contribution < 1.29 is 28.0 Å². The van der Waals surface area contributed by atoms with Gasteiger partial charge >= 0.3 is 0 Å². The molecule has 13 nitrogen and oxygen atoms in total. The van der Waals surface area contributed by atoms with Gasteiger partial charge in [-0.05, 0) is 93.9 Å². The van der Waals surface area contributed by atoms with Gasteiger partial charge < -0.3 is 20.0 Å². The fourth-order valence-corrected chi connectivity index (χ4v) is 9.17. The lowest BCUT2D eigenvalue weighted by atomic mass is 9.60. The molecule has 0 bridgehead atoms. The minimum absolute atomic E-state index is 0.0873. The highest BCUT2D eigenvalue weighted by Crippen LogP contribution is 2.52. The van der Waals surface area contributed by atoms with Crippen LogP contribution in [0.2, 0.25) is 0 Å². The SMILES string of the molecule is Cc1cnc(Nc2cc(C3CCN(C4CC5(C4)CN(c4ccc6c(c4)C(=O)N(C4CCC(=O)NC4=O)C6=O)C5)CC3)cc(N3CCC(F)(F)C3)n2)cn1. The van der Waals surface area contributed by atoms with Gasteiger partial charge in [-0.15, -0.1) is 0 Å². The summed E-state index contributed by atoms with van der Waals surface area (Å²) in [7, 11) is 0. The quantitative estimate of drug-likeness (QED) is 0.341. The highest BCUT2D eigenvalue weighted by molar-refractivity contribution is 6.23. The second-order valence-electron chi connectivity index (χ2n) is 15.7. The molecule has 9 rings (SSSR count). The summed E-state index contributed by atoms with van der Waals surface area (Å²) in [6, 6.07) is 8.87. The number of hydrogen-bond acceptors (Lipinski definition) is 11. The molecule has 3 aromatic rings. The molecule has 5 aliphatic heterocycles. The van der Waals surface area contributed by atoms with Gasteiger partial charge in [0.05, 0.1) is 35.8 Å². The monoisotopic (exact) mass is 725 g/mol. The van der Waals surface area contributed by atoms with Crippen molar-refractivity contribution in [3.63, 3.8) is 0 Å². The fourth-order valence-electron chi connectivity index (χ4n) is 9.17. The molecule has 6 aliphatic rings. The number of halogens is 2. The summed E-state index contributed by atoms with van der Waals surface area (Å²) in [6.07, 6.45) is 7.51. The number of fused-ring (bicyclic) bond motifs is 1. The van der Waals surface area contributed by atoms with E-state index in [-0.39, 0.29) is 43.7 Å². The zero-order chi connectivity index (χ0) is 36.6. The van der Waals surface area contributed by atoms with Gasteiger partial charge in [-0.2, -0.15) is 0 Å². The van der Waals surface area contributed by atoms with Crippen LogP contribution in [0, 0.1) is 12.3 Å². The Morgan fingerprint density at radius 1 is 0.849 bits per heavy atom. The molecule has 0 radical (unpaired) electrons. The predicted octanol–water partition coefficient (Wildman–Crippen LogP) is 4.02. The maximum absolute atomic E-state index is 14.2. The molecule has 5 fully saturated rings. The van der Waals surface area contributed by atoms with Gasteiger partial charge in [0.1, 0.15) is 23.5 Å². The lowest BCUT2D eigenvalue weighted by molar-refractivity contribution is -0.136. The van der Waals surface area contributed by atoms with Crippen LogP contribution in [0.3, 0.4) is 0 Å². The molecule has 4 saturated heterocycles. The molecule has 2 N–H and O–H groups in total. The van der Waals surface area contributed by atoms with E-state index in [9.17, 15) is 28.0 Å². The predicted molar refractivity (Wildman–Crippen MR) is 190 cm³/mol. The van der Waals surface area contributed by atoms with E-state index >= 15 is 0 Å². The second kappa shape index (κ2) is 12.5. The lowest BCUT2D eigenvalue weighted by Gasteiger charge is -2.62. The number of amides is 4. The molecule has 4 amide bonds. The molecule has 1 atom stereocenters. The van der Waals surface area contributed by atoms with Crippen LogP contribution in [0.15, 0.2) is 42.7 Å². The van der Waals surface area contributed by atoms with Gasteiger partial charge in [0.2, 0.25) is 11.8 Å². The number of rotatable bonds is 7. The van der Waals surface area contributed by atoms with Crippen molar-refractivity contribution in [2.24, 2.45) is 5.41 Å². The summed E-state index contributed by atoms with van der Waals surface area (Å²) in [5, 5.41) is 5.48. The Morgan fingerprint density at radius 3 is 2.32 bits per heavy atom. The number of alkyl halides is 2. The Balaban J connectivity index is 0.809. The van der Waals surface area contributed by atoms with Crippen LogP contribution in [-0.4, -0.2) is 106 Å². The molecule has 2 aromatic heterocycles. The molecule has 1 aromatic carbocycles. The largest absolute Gasteiger partial charge is 0.370 e. The molecule has 15 heteroatoms. The van der Waals surface area contributed by atoms with E-state index in [1.165, 1.54) is 0 Å². The number of pyridine rings is 1. The Morgan fingerprint density at radius 2 is 1.62 bits per heavy atom. The Bertz CT molecular complexity index is 2000. The third-order valence-electron chi connectivity index (χ3n) is 12.1. The number of anilines is 4. The van der Waals surface area contributed by atoms with Crippen LogP contribution >= 0.6 is 0 Å². The highest BCUT2D eigenvalue weighted by atomic mass is 19.3. The van der Waals surface area contributed by atoms with Crippen LogP contribution in [0.1, 0.15) is 82.8 Å². The molecule has 1 unspecified atom stereocenters. The van der Waals surface area contributed by atoms with Crippen LogP contribution < -0.4 is 20.4 Å². The van der Waals surface area contributed by atoms with E-state index in [2.05, 4.69) is 30.4 Å². The standard InChI is InChI=1S/C38H41F2N9O4/c1-22-17-42-31(18-41-22)43-30-12-24(13-32(44-30)47-11-8-38(39,40)21-47)23-6-9-46(10-7-23)26-15-37(16-26)19-48(20-37)25-2-3-27-28(14-25)36(53)49(35(27)52)29-4-5-33(50)45-34(29)51/h2-3,12-14,17-18,23,26,29H,4-11,15-16,19-21H2,1H3,(H,42,43,44)(H,45,50,51). The first-order valence-electron chi connectivity index (χ1n) is 18.5. The van der Waals surface area contributed by atoms with Gasteiger partial charge in [0.15, 0.2) is 0 Å². The number of hydrogen-bond donors (Lipinski definition) is 2. The fraction of sp³-hybridized carbons (Fsp3) is 0.500. The summed E-state index contributed by atoms with van der Waals surface area (Å²) in [4.78, 5) is 71.4. The van der Waals surface area contributed by atoms with Crippen molar-refractivity contribution in [3.05, 3.63) is 65.1 Å². The van der Waals surface area contributed by atoms with Crippen molar-refractivity contribution in [2.45, 2.75) is 75.8 Å². The van der Waals surface area contributed by atoms with Gasteiger partial charge in [-0.3, -0.25) is 34.4 Å². The van der Waals surface area contributed by atoms with Crippen molar-refractivity contribution in [3.8, 4) is 0 Å². The highest BCUT2D eigenvalue weighted by Gasteiger charge is 2.54. The Labute approximate surface area is 305 Å². The van der Waals surface area contributed by atoms with Gasteiger partial charge in [0.25, 0.3) is 17.7 Å². The lowest BCUT2D eigenvalue weighted by Crippen LogP contribution is -2.67. The smallest absolute Gasteiger partial charge is 0.266 e. The first-order valence-corrected chi connectivity index (χ1v) is 18.5. The molecule has 1 spiro atoms. The molecule has 7 heterocycles. The maximum Gasteiger partial charge on any atom is 0.266 e. The zero-order valence-corrected chi connectivity index (χ0v) is 29.5. The van der Waals surface area contributed by atoms with E-state index in [4.69, 9.17) is 4.98 Å². The summed E-state index contributed by atoms with van der Waals surface area (Å²) in [6.45, 7) is 5.49. The van der Waals surface area contributed by atoms with Crippen LogP contribution in [0.4, 0.5) is 31.9 Å². The topological polar surface area (TPSA) is 144 Å². The van der Waals surface area contributed by atoms with Crippen LogP contribution in [0.25, 0.3) is 0 Å². The summed E-state index contributed by atoms with van der Waals surface area (Å²) < 4.78 is 28.4. The number of likely N-dealkylation sites (tertiary alicyclic amines) is 1. The minimum Gasteiger partial charge on any atom is -0.370 e. The first-order chi connectivity index (χ1) is 25.4. The van der Waals surface area contributed by atoms with E-state index in [0.717, 1.165) is 73.7 Å². The number of piperidine rings is 2. The van der Waals surface area contributed by atoms with Gasteiger partial charge in [-0.25, -0.2) is 18.7 Å². The number of aryl methyl sites for hydroxylation is 1. The molecular formula is C38H41F2N9O4. The zero-order valence-electron chi connectivity index (χ0n) is 29.5. The van der Waals surface area contributed by atoms with Crippen molar-refractivity contribution in [1.82, 2.24) is 30.1 Å². The normalized spacial score (nSPS) is 24.4. The molecule has 1 aliphatic carbocycles. The van der Waals surface area contributed by atoms with Gasteiger partial charge in [-0.1, -0.05) is 0 Å². The third-order valence-corrected chi connectivity index (χ3v) is 12.1. The number of imide groups is 2. The Kier molecular flexibility index (Phi) is 7.98.